The molecule has 4 rings (SSSR count). The van der Waals surface area contributed by atoms with Gasteiger partial charge in [0.1, 0.15) is 0 Å². The van der Waals surface area contributed by atoms with Crippen molar-refractivity contribution in [1.82, 2.24) is 0 Å². The van der Waals surface area contributed by atoms with E-state index in [0.29, 0.717) is 24.7 Å². The average Bonchev–Trinajstić information content (AvgIpc) is 2.74. The summed E-state index contributed by atoms with van der Waals surface area (Å²) in [6.45, 7) is 0. The van der Waals surface area contributed by atoms with Crippen LogP contribution in [0, 0.1) is 23.2 Å². The van der Waals surface area contributed by atoms with Crippen molar-refractivity contribution in [3.63, 3.8) is 0 Å². The highest BCUT2D eigenvalue weighted by Crippen LogP contribution is 2.65. The highest BCUT2D eigenvalue weighted by atomic mass is 32.2. The lowest BCUT2D eigenvalue weighted by atomic mass is 9.75. The standard InChI is InChI=1S/C12H15F3O5S/c13-9(12(14,15)21(17,18)19)20-10(16)11-4-6-1-7(5-11)3-8(11)2-6/h6-9H,1-5H2,(H,17,18,19). The highest BCUT2D eigenvalue weighted by Gasteiger charge is 2.64. The molecule has 0 radical (unpaired) electrons. The molecule has 4 aliphatic rings. The third kappa shape index (κ3) is 2.08. The number of carbonyl (C=O) groups is 1. The summed E-state index contributed by atoms with van der Waals surface area (Å²) in [6.07, 6.45) is -0.137. The first-order valence-electron chi connectivity index (χ1n) is 6.76. The van der Waals surface area contributed by atoms with Crippen molar-refractivity contribution in [2.45, 2.75) is 43.7 Å². The number of carbonyl (C=O) groups excluding carboxylic acids is 1. The molecule has 0 aromatic carbocycles. The van der Waals surface area contributed by atoms with Gasteiger partial charge < -0.3 is 4.74 Å². The average molecular weight is 328 g/mol. The summed E-state index contributed by atoms with van der Waals surface area (Å²) in [6, 6.07) is 0. The number of esters is 1. The molecule has 0 aliphatic heterocycles. The third-order valence-corrected chi connectivity index (χ3v) is 6.09. The Morgan fingerprint density at radius 3 is 2.24 bits per heavy atom. The topological polar surface area (TPSA) is 80.7 Å². The minimum Gasteiger partial charge on any atom is -0.423 e. The lowest BCUT2D eigenvalue weighted by molar-refractivity contribution is -0.195. The van der Waals surface area contributed by atoms with E-state index in [2.05, 4.69) is 4.74 Å². The molecule has 0 spiro atoms. The number of ether oxygens (including phenoxy) is 1. The van der Waals surface area contributed by atoms with Crippen LogP contribution in [0.1, 0.15) is 32.1 Å². The summed E-state index contributed by atoms with van der Waals surface area (Å²) >= 11 is 0. The van der Waals surface area contributed by atoms with Gasteiger partial charge in [0.15, 0.2) is 0 Å². The molecule has 0 amide bonds. The van der Waals surface area contributed by atoms with Crippen molar-refractivity contribution in [2.24, 2.45) is 23.2 Å². The Morgan fingerprint density at radius 2 is 1.76 bits per heavy atom. The summed E-state index contributed by atoms with van der Waals surface area (Å²) in [5.41, 5.74) is -0.951. The van der Waals surface area contributed by atoms with Crippen LogP contribution in [-0.4, -0.2) is 30.6 Å². The number of halogens is 3. The minimum atomic E-state index is -5.98. The Balaban J connectivity index is 1.76. The first-order chi connectivity index (χ1) is 9.56. The van der Waals surface area contributed by atoms with E-state index in [9.17, 15) is 26.4 Å². The SMILES string of the molecule is O=C(OC(F)C(F)(F)S(=O)(=O)O)C12CC3CC(CC1C3)C2. The van der Waals surface area contributed by atoms with Crippen molar-refractivity contribution in [1.29, 1.82) is 0 Å². The highest BCUT2D eigenvalue weighted by molar-refractivity contribution is 7.86. The number of hydrogen-bond acceptors (Lipinski definition) is 4. The van der Waals surface area contributed by atoms with Crippen LogP contribution in [0.2, 0.25) is 0 Å². The van der Waals surface area contributed by atoms with E-state index < -0.39 is 33.1 Å². The van der Waals surface area contributed by atoms with Crippen LogP contribution in [0.5, 0.6) is 0 Å². The maximum Gasteiger partial charge on any atom is 0.435 e. The monoisotopic (exact) mass is 328 g/mol. The Bertz CT molecular complexity index is 561. The van der Waals surface area contributed by atoms with E-state index in [1.807, 2.05) is 0 Å². The van der Waals surface area contributed by atoms with Gasteiger partial charge in [0.2, 0.25) is 0 Å². The third-order valence-electron chi connectivity index (χ3n) is 5.21. The van der Waals surface area contributed by atoms with E-state index in [-0.39, 0.29) is 5.92 Å². The van der Waals surface area contributed by atoms with Gasteiger partial charge in [-0.3, -0.25) is 9.35 Å². The first-order valence-corrected chi connectivity index (χ1v) is 8.20. The van der Waals surface area contributed by atoms with Gasteiger partial charge >= 0.3 is 27.7 Å². The predicted molar refractivity (Wildman–Crippen MR) is 63.5 cm³/mol. The number of hydrogen-bond donors (Lipinski definition) is 1. The van der Waals surface area contributed by atoms with Crippen molar-refractivity contribution < 1.29 is 35.7 Å². The van der Waals surface area contributed by atoms with Crippen LogP contribution in [0.25, 0.3) is 0 Å². The van der Waals surface area contributed by atoms with Crippen molar-refractivity contribution in [3.8, 4) is 0 Å². The molecule has 21 heavy (non-hydrogen) atoms. The van der Waals surface area contributed by atoms with Crippen molar-refractivity contribution >= 4 is 16.1 Å². The molecule has 120 valence electrons. The molecule has 9 heteroatoms. The van der Waals surface area contributed by atoms with Gasteiger partial charge in [-0.2, -0.15) is 21.6 Å². The van der Waals surface area contributed by atoms with Gasteiger partial charge in [-0.15, -0.1) is 0 Å². The fourth-order valence-electron chi connectivity index (χ4n) is 4.53. The number of rotatable bonds is 4. The van der Waals surface area contributed by atoms with Crippen LogP contribution >= 0.6 is 0 Å². The maximum absolute atomic E-state index is 13.4. The summed E-state index contributed by atoms with van der Waals surface area (Å²) in [4.78, 5) is 12.1. The quantitative estimate of drug-likeness (QED) is 0.632. The molecule has 5 nitrogen and oxygen atoms in total. The molecule has 3 unspecified atom stereocenters. The van der Waals surface area contributed by atoms with Crippen LogP contribution in [0.3, 0.4) is 0 Å². The van der Waals surface area contributed by atoms with Crippen molar-refractivity contribution in [2.75, 3.05) is 0 Å². The Morgan fingerprint density at radius 1 is 1.24 bits per heavy atom. The smallest absolute Gasteiger partial charge is 0.423 e. The summed E-state index contributed by atoms with van der Waals surface area (Å²) in [5.74, 6) is -0.446. The van der Waals surface area contributed by atoms with Gasteiger partial charge in [0, 0.05) is 0 Å². The molecule has 0 saturated heterocycles. The molecule has 3 atom stereocenters. The van der Waals surface area contributed by atoms with Crippen LogP contribution in [0.15, 0.2) is 0 Å². The second-order valence-corrected chi connectivity index (χ2v) is 7.95. The lowest BCUT2D eigenvalue weighted by Gasteiger charge is -2.31. The Hall–Kier alpha value is -0.830. The molecule has 4 fully saturated rings. The van der Waals surface area contributed by atoms with Crippen LogP contribution in [0.4, 0.5) is 13.2 Å². The lowest BCUT2D eigenvalue weighted by Crippen LogP contribution is -2.44. The first kappa shape index (κ1) is 15.1. The molecule has 4 saturated carbocycles. The van der Waals surface area contributed by atoms with E-state index >= 15 is 0 Å². The molecule has 0 aromatic heterocycles. The van der Waals surface area contributed by atoms with Gasteiger partial charge in [0.25, 0.3) is 0 Å². The van der Waals surface area contributed by atoms with E-state index in [1.54, 1.807) is 0 Å². The van der Waals surface area contributed by atoms with E-state index in [1.165, 1.54) is 0 Å². The maximum atomic E-state index is 13.4. The number of alkyl halides is 3. The van der Waals surface area contributed by atoms with Crippen LogP contribution in [-0.2, 0) is 19.6 Å². The molecule has 1 N–H and O–H groups in total. The fourth-order valence-corrected chi connectivity index (χ4v) is 4.81. The zero-order valence-corrected chi connectivity index (χ0v) is 11.8. The molecular weight excluding hydrogens is 313 g/mol. The molecular formula is C12H15F3O5S. The molecule has 0 heterocycles. The molecule has 4 bridgehead atoms. The second-order valence-electron chi connectivity index (χ2n) is 6.46. The van der Waals surface area contributed by atoms with Gasteiger partial charge in [0.05, 0.1) is 5.41 Å². The normalized spacial score (nSPS) is 39.5. The van der Waals surface area contributed by atoms with E-state index in [0.717, 1.165) is 19.3 Å². The largest absolute Gasteiger partial charge is 0.435 e. The summed E-state index contributed by atoms with van der Waals surface area (Å²) in [7, 11) is -5.98. The van der Waals surface area contributed by atoms with Gasteiger partial charge in [-0.05, 0) is 49.9 Å². The minimum absolute atomic E-state index is 0.000283. The Labute approximate surface area is 119 Å². The van der Waals surface area contributed by atoms with Crippen molar-refractivity contribution in [3.05, 3.63) is 0 Å². The zero-order chi connectivity index (χ0) is 15.6. The second kappa shape index (κ2) is 4.34. The fraction of sp³-hybridized carbons (Fsp3) is 0.917. The van der Waals surface area contributed by atoms with Gasteiger partial charge in [-0.25, -0.2) is 0 Å². The predicted octanol–water partition coefficient (Wildman–Crippen LogP) is 2.13. The van der Waals surface area contributed by atoms with E-state index in [4.69, 9.17) is 4.55 Å². The molecule has 4 aliphatic carbocycles. The zero-order valence-electron chi connectivity index (χ0n) is 11.0. The molecule has 0 aromatic rings. The van der Waals surface area contributed by atoms with Gasteiger partial charge in [-0.1, -0.05) is 0 Å². The summed E-state index contributed by atoms with van der Waals surface area (Å²) < 4.78 is 73.0. The van der Waals surface area contributed by atoms with Crippen LogP contribution < -0.4 is 0 Å². The summed E-state index contributed by atoms with van der Waals surface area (Å²) in [5, 5.41) is -5.16. The Kier molecular flexibility index (Phi) is 3.12.